The van der Waals surface area contributed by atoms with Crippen LogP contribution in [-0.2, 0) is 12.8 Å². The first-order valence-electron chi connectivity index (χ1n) is 12.4. The van der Waals surface area contributed by atoms with Gasteiger partial charge in [-0.2, -0.15) is 0 Å². The van der Waals surface area contributed by atoms with Crippen molar-refractivity contribution in [1.82, 2.24) is 9.97 Å². The van der Waals surface area contributed by atoms with E-state index >= 15 is 0 Å². The average molecular weight is 449 g/mol. The number of aryl methyl sites for hydroxylation is 2. The van der Waals surface area contributed by atoms with Crippen LogP contribution in [0.1, 0.15) is 93.5 Å². The van der Waals surface area contributed by atoms with Crippen LogP contribution in [-0.4, -0.2) is 15.9 Å². The van der Waals surface area contributed by atoms with Crippen molar-refractivity contribution in [3.8, 4) is 17.1 Å². The minimum Gasteiger partial charge on any atom is -0.454 e. The normalized spacial score (nSPS) is 11.0. The number of rotatable bonds is 14. The van der Waals surface area contributed by atoms with Crippen LogP contribution < -0.4 is 4.74 Å². The molecule has 0 aliphatic carbocycles. The van der Waals surface area contributed by atoms with Crippen molar-refractivity contribution in [1.29, 1.82) is 0 Å². The first-order valence-corrected chi connectivity index (χ1v) is 12.4. The number of nitrogens with zero attached hydrogens (tertiary/aromatic N) is 2. The number of benzene rings is 1. The summed E-state index contributed by atoms with van der Waals surface area (Å²) in [5.74, 6) is 1.60. The molecule has 0 fully saturated rings. The van der Waals surface area contributed by atoms with Crippen LogP contribution in [0.15, 0.2) is 53.2 Å². The van der Waals surface area contributed by atoms with E-state index < -0.39 is 5.97 Å². The van der Waals surface area contributed by atoms with Crippen LogP contribution in [0.3, 0.4) is 0 Å². The lowest BCUT2D eigenvalue weighted by Gasteiger charge is -2.05. The molecule has 176 valence electrons. The molecular formula is C28H36N2O3. The fourth-order valence-electron chi connectivity index (χ4n) is 3.78. The van der Waals surface area contributed by atoms with Crippen molar-refractivity contribution in [2.75, 3.05) is 0 Å². The van der Waals surface area contributed by atoms with E-state index in [1.807, 2.05) is 31.5 Å². The van der Waals surface area contributed by atoms with Gasteiger partial charge < -0.3 is 9.15 Å². The zero-order valence-electron chi connectivity index (χ0n) is 20.0. The predicted octanol–water partition coefficient (Wildman–Crippen LogP) is 7.59. The van der Waals surface area contributed by atoms with Gasteiger partial charge in [0, 0.05) is 24.4 Å². The SMILES string of the molecule is CCCCCCCCCCCc1cnc(-c2ccc(OC(=O)c3ccc(CC)o3)cc2)nc1. The van der Waals surface area contributed by atoms with Gasteiger partial charge in [0.1, 0.15) is 11.5 Å². The summed E-state index contributed by atoms with van der Waals surface area (Å²) >= 11 is 0. The molecule has 0 unspecified atom stereocenters. The summed E-state index contributed by atoms with van der Waals surface area (Å²) in [5, 5.41) is 0. The molecule has 2 heterocycles. The van der Waals surface area contributed by atoms with E-state index in [1.165, 1.54) is 63.4 Å². The Morgan fingerprint density at radius 3 is 2.06 bits per heavy atom. The maximum absolute atomic E-state index is 12.2. The highest BCUT2D eigenvalue weighted by atomic mass is 16.5. The van der Waals surface area contributed by atoms with E-state index in [0.717, 1.165) is 24.2 Å². The van der Waals surface area contributed by atoms with Crippen LogP contribution in [0.25, 0.3) is 11.4 Å². The predicted molar refractivity (Wildman–Crippen MR) is 131 cm³/mol. The number of hydrogen-bond acceptors (Lipinski definition) is 5. The van der Waals surface area contributed by atoms with E-state index in [-0.39, 0.29) is 5.76 Å². The maximum atomic E-state index is 12.2. The first kappa shape index (κ1) is 24.7. The Bertz CT molecular complexity index is 962. The largest absolute Gasteiger partial charge is 0.454 e. The van der Waals surface area contributed by atoms with Crippen molar-refractivity contribution in [3.05, 3.63) is 65.9 Å². The number of hydrogen-bond donors (Lipinski definition) is 0. The molecule has 3 aromatic rings. The lowest BCUT2D eigenvalue weighted by molar-refractivity contribution is 0.0699. The van der Waals surface area contributed by atoms with Gasteiger partial charge >= 0.3 is 5.97 Å². The van der Waals surface area contributed by atoms with E-state index in [2.05, 4.69) is 16.9 Å². The van der Waals surface area contributed by atoms with E-state index in [0.29, 0.717) is 11.6 Å². The van der Waals surface area contributed by atoms with Crippen LogP contribution in [0.4, 0.5) is 0 Å². The molecule has 0 N–H and O–H groups in total. The van der Waals surface area contributed by atoms with Gasteiger partial charge in [-0.1, -0.05) is 65.2 Å². The molecule has 33 heavy (non-hydrogen) atoms. The van der Waals surface area contributed by atoms with Gasteiger partial charge in [-0.25, -0.2) is 14.8 Å². The number of carbonyl (C=O) groups is 1. The first-order chi connectivity index (χ1) is 16.2. The summed E-state index contributed by atoms with van der Waals surface area (Å²) in [5.41, 5.74) is 2.06. The van der Waals surface area contributed by atoms with E-state index in [4.69, 9.17) is 9.15 Å². The number of unbranched alkanes of at least 4 members (excludes halogenated alkanes) is 8. The highest BCUT2D eigenvalue weighted by Crippen LogP contribution is 2.21. The van der Waals surface area contributed by atoms with Crippen molar-refractivity contribution in [2.24, 2.45) is 0 Å². The summed E-state index contributed by atoms with van der Waals surface area (Å²) < 4.78 is 10.8. The Morgan fingerprint density at radius 1 is 0.818 bits per heavy atom. The zero-order chi connectivity index (χ0) is 23.3. The third-order valence-corrected chi connectivity index (χ3v) is 5.81. The lowest BCUT2D eigenvalue weighted by Crippen LogP contribution is -2.07. The molecule has 0 bridgehead atoms. The summed E-state index contributed by atoms with van der Waals surface area (Å²) in [4.78, 5) is 21.2. The Morgan fingerprint density at radius 2 is 1.45 bits per heavy atom. The third-order valence-electron chi connectivity index (χ3n) is 5.81. The van der Waals surface area contributed by atoms with Crippen LogP contribution >= 0.6 is 0 Å². The molecule has 1 aromatic carbocycles. The lowest BCUT2D eigenvalue weighted by atomic mass is 10.1. The van der Waals surface area contributed by atoms with Gasteiger partial charge in [0.25, 0.3) is 0 Å². The van der Waals surface area contributed by atoms with Crippen LogP contribution in [0.5, 0.6) is 5.75 Å². The number of ether oxygens (including phenoxy) is 1. The molecule has 0 saturated carbocycles. The number of esters is 1. The highest BCUT2D eigenvalue weighted by Gasteiger charge is 2.13. The summed E-state index contributed by atoms with van der Waals surface area (Å²) in [7, 11) is 0. The second-order valence-electron chi connectivity index (χ2n) is 8.53. The fourth-order valence-corrected chi connectivity index (χ4v) is 3.78. The monoisotopic (exact) mass is 448 g/mol. The average Bonchev–Trinajstić information content (AvgIpc) is 3.34. The smallest absolute Gasteiger partial charge is 0.379 e. The zero-order valence-corrected chi connectivity index (χ0v) is 20.0. The Hall–Kier alpha value is -2.95. The van der Waals surface area contributed by atoms with Crippen molar-refractivity contribution < 1.29 is 13.9 Å². The molecule has 3 rings (SSSR count). The van der Waals surface area contributed by atoms with Gasteiger partial charge in [0.2, 0.25) is 5.76 Å². The fraction of sp³-hybridized carbons (Fsp3) is 0.464. The standard InChI is InChI=1S/C28H36N2O3/c1-3-5-6-7-8-9-10-11-12-13-22-20-29-27(30-21-22)23-14-16-25(17-15-23)33-28(31)26-19-18-24(4-2)32-26/h14-21H,3-13H2,1-2H3. The minimum absolute atomic E-state index is 0.210. The Labute approximate surface area is 197 Å². The van der Waals surface area contributed by atoms with Gasteiger partial charge in [-0.15, -0.1) is 0 Å². The topological polar surface area (TPSA) is 65.2 Å². The molecule has 0 aliphatic rings. The van der Waals surface area contributed by atoms with Gasteiger partial charge in [-0.3, -0.25) is 0 Å². The second-order valence-corrected chi connectivity index (χ2v) is 8.53. The third kappa shape index (κ3) is 8.16. The number of aromatic nitrogens is 2. The molecular weight excluding hydrogens is 412 g/mol. The van der Waals surface area contributed by atoms with E-state index in [9.17, 15) is 4.79 Å². The Balaban J connectivity index is 1.40. The molecule has 0 atom stereocenters. The molecule has 0 saturated heterocycles. The van der Waals surface area contributed by atoms with Crippen LogP contribution in [0, 0.1) is 0 Å². The summed E-state index contributed by atoms with van der Waals surface area (Å²) in [6.45, 7) is 4.23. The summed E-state index contributed by atoms with van der Waals surface area (Å²) in [6.07, 6.45) is 17.6. The van der Waals surface area contributed by atoms with E-state index in [1.54, 1.807) is 24.3 Å². The molecule has 5 heteroatoms. The second kappa shape index (κ2) is 13.6. The minimum atomic E-state index is -0.500. The molecule has 0 aliphatic heterocycles. The number of carbonyl (C=O) groups excluding carboxylic acids is 1. The Kier molecular flexibility index (Phi) is 10.1. The van der Waals surface area contributed by atoms with Gasteiger partial charge in [-0.05, 0) is 54.8 Å². The van der Waals surface area contributed by atoms with Gasteiger partial charge in [0.15, 0.2) is 5.82 Å². The molecule has 0 radical (unpaired) electrons. The van der Waals surface area contributed by atoms with Crippen LogP contribution in [0.2, 0.25) is 0 Å². The molecule has 5 nitrogen and oxygen atoms in total. The summed E-state index contributed by atoms with van der Waals surface area (Å²) in [6, 6.07) is 10.6. The highest BCUT2D eigenvalue weighted by molar-refractivity contribution is 5.88. The quantitative estimate of drug-likeness (QED) is 0.144. The molecule has 0 spiro atoms. The van der Waals surface area contributed by atoms with Gasteiger partial charge in [0.05, 0.1) is 0 Å². The van der Waals surface area contributed by atoms with Crippen molar-refractivity contribution >= 4 is 5.97 Å². The number of furan rings is 1. The molecule has 0 amide bonds. The van der Waals surface area contributed by atoms with Crippen molar-refractivity contribution in [2.45, 2.75) is 84.5 Å². The molecule has 2 aromatic heterocycles. The maximum Gasteiger partial charge on any atom is 0.379 e. The van der Waals surface area contributed by atoms with Crippen molar-refractivity contribution in [3.63, 3.8) is 0 Å².